The van der Waals surface area contributed by atoms with Gasteiger partial charge in [0.05, 0.1) is 21.7 Å². The van der Waals surface area contributed by atoms with Gasteiger partial charge >= 0.3 is 12.1 Å². The first kappa shape index (κ1) is 32.6. The molecule has 42 heavy (non-hydrogen) atoms. The SMILES string of the molecule is CCN(CC)CCOC(=O)/C(=C/c1ccc(-c2c(C(F)(F)F)cc(C)n(C)c2=O)cc1)NC(=O)c1c(C)cccc1Cl. The number of benzene rings is 2. The molecule has 0 saturated carbocycles. The zero-order valence-corrected chi connectivity index (χ0v) is 24.8. The number of alkyl halides is 3. The fraction of sp³-hybridized carbons (Fsp3) is 0.323. The Labute approximate surface area is 247 Å². The van der Waals surface area contributed by atoms with E-state index in [1.54, 1.807) is 25.1 Å². The molecule has 1 aromatic heterocycles. The molecule has 0 unspecified atom stereocenters. The smallest absolute Gasteiger partial charge is 0.417 e. The summed E-state index contributed by atoms with van der Waals surface area (Å²) in [4.78, 5) is 41.1. The van der Waals surface area contributed by atoms with Crippen molar-refractivity contribution >= 4 is 29.6 Å². The van der Waals surface area contributed by atoms with Gasteiger partial charge in [0.2, 0.25) is 0 Å². The number of ether oxygens (including phenoxy) is 1. The van der Waals surface area contributed by atoms with Crippen LogP contribution in [0.5, 0.6) is 0 Å². The monoisotopic (exact) mass is 603 g/mol. The number of aryl methyl sites for hydroxylation is 2. The molecule has 0 atom stereocenters. The van der Waals surface area contributed by atoms with E-state index in [1.807, 2.05) is 13.8 Å². The molecule has 3 aromatic rings. The van der Waals surface area contributed by atoms with E-state index in [1.165, 1.54) is 44.3 Å². The Bertz CT molecular complexity index is 1520. The quantitative estimate of drug-likeness (QED) is 0.227. The maximum absolute atomic E-state index is 13.8. The summed E-state index contributed by atoms with van der Waals surface area (Å²) in [5.74, 6) is -1.42. The number of likely N-dealkylation sites (N-methyl/N-ethyl adjacent to an activating group) is 1. The number of esters is 1. The molecule has 0 aliphatic rings. The topological polar surface area (TPSA) is 80.6 Å². The molecule has 1 heterocycles. The number of halogens is 4. The first-order chi connectivity index (χ1) is 19.8. The van der Waals surface area contributed by atoms with Crippen LogP contribution in [0, 0.1) is 13.8 Å². The Balaban J connectivity index is 2.00. The van der Waals surface area contributed by atoms with Crippen LogP contribution in [0.4, 0.5) is 13.2 Å². The molecule has 7 nitrogen and oxygen atoms in total. The molecule has 1 amide bonds. The first-order valence-corrected chi connectivity index (χ1v) is 13.7. The molecule has 2 aromatic carbocycles. The third-order valence-electron chi connectivity index (χ3n) is 6.94. The average molecular weight is 604 g/mol. The van der Waals surface area contributed by atoms with Gasteiger partial charge in [-0.3, -0.25) is 9.59 Å². The predicted octanol–water partition coefficient (Wildman–Crippen LogP) is 6.00. The van der Waals surface area contributed by atoms with Gasteiger partial charge < -0.3 is 19.5 Å². The van der Waals surface area contributed by atoms with Crippen LogP contribution in [-0.4, -0.2) is 47.6 Å². The van der Waals surface area contributed by atoms with Crippen molar-refractivity contribution in [2.75, 3.05) is 26.2 Å². The van der Waals surface area contributed by atoms with Crippen LogP contribution in [0.3, 0.4) is 0 Å². The summed E-state index contributed by atoms with van der Waals surface area (Å²) in [6, 6.07) is 11.5. The van der Waals surface area contributed by atoms with Crippen molar-refractivity contribution in [2.24, 2.45) is 7.05 Å². The first-order valence-electron chi connectivity index (χ1n) is 13.3. The van der Waals surface area contributed by atoms with Gasteiger partial charge in [-0.05, 0) is 61.8 Å². The lowest BCUT2D eigenvalue weighted by molar-refractivity contribution is -0.140. The number of nitrogens with one attached hydrogen (secondary N) is 1. The number of hydrogen-bond donors (Lipinski definition) is 1. The standard InChI is InChI=1S/C31H33ClF3N3O4/c1-6-38(7-2)15-16-42-30(41)25(36-28(39)26-19(3)9-8-10-24(26)32)18-21-11-13-22(14-12-21)27-23(31(33,34)35)17-20(4)37(5)29(27)40/h8-14,17-18H,6-7,15-16H2,1-5H3,(H,36,39)/b25-18-. The fourth-order valence-electron chi connectivity index (χ4n) is 4.37. The molecule has 0 spiro atoms. The van der Waals surface area contributed by atoms with Crippen molar-refractivity contribution in [3.63, 3.8) is 0 Å². The van der Waals surface area contributed by atoms with E-state index in [9.17, 15) is 27.6 Å². The van der Waals surface area contributed by atoms with Gasteiger partial charge in [-0.1, -0.05) is 61.8 Å². The lowest BCUT2D eigenvalue weighted by atomic mass is 9.98. The van der Waals surface area contributed by atoms with Gasteiger partial charge in [-0.2, -0.15) is 13.2 Å². The maximum Gasteiger partial charge on any atom is 0.417 e. The second kappa shape index (κ2) is 13.8. The Hall–Kier alpha value is -3.89. The summed E-state index contributed by atoms with van der Waals surface area (Å²) in [5.41, 5.74) is -1.10. The van der Waals surface area contributed by atoms with E-state index in [0.29, 0.717) is 17.7 Å². The largest absolute Gasteiger partial charge is 0.460 e. The van der Waals surface area contributed by atoms with Gasteiger partial charge in [0.25, 0.3) is 11.5 Å². The fourth-order valence-corrected chi connectivity index (χ4v) is 4.68. The molecule has 11 heteroatoms. The highest BCUT2D eigenvalue weighted by Gasteiger charge is 2.36. The number of rotatable bonds is 10. The van der Waals surface area contributed by atoms with Crippen molar-refractivity contribution < 1.29 is 27.5 Å². The van der Waals surface area contributed by atoms with Crippen molar-refractivity contribution in [1.82, 2.24) is 14.8 Å². The third kappa shape index (κ3) is 7.68. The average Bonchev–Trinajstić information content (AvgIpc) is 2.93. The molecule has 0 saturated heterocycles. The summed E-state index contributed by atoms with van der Waals surface area (Å²) >= 11 is 6.24. The summed E-state index contributed by atoms with van der Waals surface area (Å²) < 4.78 is 48.0. The number of pyridine rings is 1. The van der Waals surface area contributed by atoms with Crippen LogP contribution < -0.4 is 10.9 Å². The van der Waals surface area contributed by atoms with Crippen molar-refractivity contribution in [3.05, 3.63) is 97.6 Å². The van der Waals surface area contributed by atoms with Crippen molar-refractivity contribution in [2.45, 2.75) is 33.9 Å². The van der Waals surface area contributed by atoms with Gasteiger partial charge in [-0.15, -0.1) is 0 Å². The number of hydrogen-bond acceptors (Lipinski definition) is 5. The normalized spacial score (nSPS) is 12.0. The van der Waals surface area contributed by atoms with E-state index < -0.39 is 34.7 Å². The Morgan fingerprint density at radius 2 is 1.71 bits per heavy atom. The maximum atomic E-state index is 13.8. The molecule has 0 fully saturated rings. The van der Waals surface area contributed by atoms with Crippen LogP contribution in [-0.2, 0) is 22.8 Å². The van der Waals surface area contributed by atoms with E-state index in [4.69, 9.17) is 16.3 Å². The van der Waals surface area contributed by atoms with Gasteiger partial charge in [0, 0.05) is 19.3 Å². The Morgan fingerprint density at radius 1 is 1.07 bits per heavy atom. The summed E-state index contributed by atoms with van der Waals surface area (Å²) in [6.07, 6.45) is -3.39. The number of carbonyl (C=O) groups is 2. The minimum Gasteiger partial charge on any atom is -0.460 e. The van der Waals surface area contributed by atoms with Crippen LogP contribution in [0.15, 0.2) is 59.0 Å². The lowest BCUT2D eigenvalue weighted by Crippen LogP contribution is -2.32. The minimum absolute atomic E-state index is 0.0548. The van der Waals surface area contributed by atoms with Crippen molar-refractivity contribution in [3.8, 4) is 11.1 Å². The highest BCUT2D eigenvalue weighted by Crippen LogP contribution is 2.36. The van der Waals surface area contributed by atoms with Crippen LogP contribution in [0.1, 0.15) is 46.6 Å². The molecular formula is C31H33ClF3N3O4. The van der Waals surface area contributed by atoms with Crippen LogP contribution in [0.2, 0.25) is 5.02 Å². The minimum atomic E-state index is -4.74. The van der Waals surface area contributed by atoms with Gasteiger partial charge in [-0.25, -0.2) is 4.79 Å². The van der Waals surface area contributed by atoms with Gasteiger partial charge in [0.15, 0.2) is 0 Å². The van der Waals surface area contributed by atoms with Crippen LogP contribution in [0.25, 0.3) is 17.2 Å². The number of nitrogens with zero attached hydrogens (tertiary/aromatic N) is 2. The molecule has 0 aliphatic heterocycles. The zero-order chi connectivity index (χ0) is 31.2. The number of amides is 1. The molecule has 0 bridgehead atoms. The molecule has 224 valence electrons. The Morgan fingerprint density at radius 3 is 2.29 bits per heavy atom. The molecule has 0 aliphatic carbocycles. The summed E-state index contributed by atoms with van der Waals surface area (Å²) in [7, 11) is 1.40. The number of aromatic nitrogens is 1. The van der Waals surface area contributed by atoms with E-state index in [-0.39, 0.29) is 34.1 Å². The summed E-state index contributed by atoms with van der Waals surface area (Å²) in [6.45, 7) is 9.20. The molecule has 3 rings (SSSR count). The Kier molecular flexibility index (Phi) is 10.8. The highest BCUT2D eigenvalue weighted by molar-refractivity contribution is 6.34. The molecule has 0 radical (unpaired) electrons. The van der Waals surface area contributed by atoms with E-state index >= 15 is 0 Å². The number of carbonyl (C=O) groups excluding carboxylic acids is 2. The third-order valence-corrected chi connectivity index (χ3v) is 7.25. The lowest BCUT2D eigenvalue weighted by Gasteiger charge is -2.18. The van der Waals surface area contributed by atoms with E-state index in [0.717, 1.165) is 23.7 Å². The van der Waals surface area contributed by atoms with Crippen LogP contribution >= 0.6 is 11.6 Å². The predicted molar refractivity (Wildman–Crippen MR) is 157 cm³/mol. The highest BCUT2D eigenvalue weighted by atomic mass is 35.5. The second-order valence-electron chi connectivity index (χ2n) is 9.67. The molecule has 1 N–H and O–H groups in total. The van der Waals surface area contributed by atoms with Gasteiger partial charge in [0.1, 0.15) is 12.3 Å². The van der Waals surface area contributed by atoms with Crippen molar-refractivity contribution in [1.29, 1.82) is 0 Å². The zero-order valence-electron chi connectivity index (χ0n) is 24.1. The second-order valence-corrected chi connectivity index (χ2v) is 10.1. The summed E-state index contributed by atoms with van der Waals surface area (Å²) in [5, 5.41) is 2.78. The van der Waals surface area contributed by atoms with E-state index in [2.05, 4.69) is 10.2 Å². The molecular weight excluding hydrogens is 571 g/mol.